The first kappa shape index (κ1) is 15.1. The van der Waals surface area contributed by atoms with Crippen LogP contribution >= 0.6 is 0 Å². The molecule has 0 saturated carbocycles. The van der Waals surface area contributed by atoms with Crippen molar-refractivity contribution in [1.29, 1.82) is 0 Å². The summed E-state index contributed by atoms with van der Waals surface area (Å²) in [6.45, 7) is 7.89. The highest BCUT2D eigenvalue weighted by Crippen LogP contribution is 2.22. The Morgan fingerprint density at radius 2 is 2.05 bits per heavy atom. The molecular formula is C13H19N3O3. The summed E-state index contributed by atoms with van der Waals surface area (Å²) in [5.41, 5.74) is 0.477. The van der Waals surface area contributed by atoms with Crippen LogP contribution < -0.4 is 10.6 Å². The van der Waals surface area contributed by atoms with Gasteiger partial charge >= 0.3 is 0 Å². The Kier molecular flexibility index (Phi) is 4.61. The number of hydrogen-bond donors (Lipinski definition) is 2. The standard InChI is InChI=1S/C13H19N3O3/c1-5-14-13(3,4)12(17)15-11-8-10(16(18)19)7-6-9(11)2/h6-8,14H,5H2,1-4H3,(H,15,17). The van der Waals surface area contributed by atoms with Gasteiger partial charge in [-0.15, -0.1) is 0 Å². The van der Waals surface area contributed by atoms with Crippen LogP contribution in [0.1, 0.15) is 26.3 Å². The normalized spacial score (nSPS) is 11.2. The van der Waals surface area contributed by atoms with Gasteiger partial charge in [0, 0.05) is 12.1 Å². The van der Waals surface area contributed by atoms with Crippen LogP contribution in [0.2, 0.25) is 0 Å². The molecule has 0 aliphatic heterocycles. The Hall–Kier alpha value is -1.95. The van der Waals surface area contributed by atoms with Crippen LogP contribution in [0.4, 0.5) is 11.4 Å². The fourth-order valence-corrected chi connectivity index (χ4v) is 1.66. The molecule has 6 heteroatoms. The van der Waals surface area contributed by atoms with E-state index in [1.807, 2.05) is 6.92 Å². The molecule has 104 valence electrons. The number of hydrogen-bond acceptors (Lipinski definition) is 4. The first-order valence-electron chi connectivity index (χ1n) is 6.09. The first-order chi connectivity index (χ1) is 8.77. The van der Waals surface area contributed by atoms with E-state index in [4.69, 9.17) is 0 Å². The molecule has 1 rings (SSSR count). The van der Waals surface area contributed by atoms with Gasteiger partial charge in [0.1, 0.15) is 0 Å². The summed E-state index contributed by atoms with van der Waals surface area (Å²) in [7, 11) is 0. The number of non-ortho nitro benzene ring substituents is 1. The molecule has 1 amide bonds. The third-order valence-electron chi connectivity index (χ3n) is 2.87. The molecule has 2 N–H and O–H groups in total. The highest BCUT2D eigenvalue weighted by molar-refractivity contribution is 5.98. The maximum absolute atomic E-state index is 12.1. The monoisotopic (exact) mass is 265 g/mol. The van der Waals surface area contributed by atoms with Gasteiger partial charge in [0.15, 0.2) is 0 Å². The average molecular weight is 265 g/mol. The quantitative estimate of drug-likeness (QED) is 0.631. The van der Waals surface area contributed by atoms with Crippen LogP contribution in [-0.4, -0.2) is 22.9 Å². The first-order valence-corrected chi connectivity index (χ1v) is 6.09. The topological polar surface area (TPSA) is 84.3 Å². The largest absolute Gasteiger partial charge is 0.324 e. The maximum Gasteiger partial charge on any atom is 0.271 e. The van der Waals surface area contributed by atoms with E-state index in [0.717, 1.165) is 5.56 Å². The second kappa shape index (κ2) is 5.79. The van der Waals surface area contributed by atoms with Crippen molar-refractivity contribution in [1.82, 2.24) is 5.32 Å². The Morgan fingerprint density at radius 3 is 2.58 bits per heavy atom. The number of rotatable bonds is 5. The molecule has 0 unspecified atom stereocenters. The second-order valence-corrected chi connectivity index (χ2v) is 4.87. The Morgan fingerprint density at radius 1 is 1.42 bits per heavy atom. The third-order valence-corrected chi connectivity index (χ3v) is 2.87. The molecular weight excluding hydrogens is 246 g/mol. The minimum atomic E-state index is -0.730. The lowest BCUT2D eigenvalue weighted by molar-refractivity contribution is -0.384. The van der Waals surface area contributed by atoms with Crippen LogP contribution in [0.25, 0.3) is 0 Å². The fourth-order valence-electron chi connectivity index (χ4n) is 1.66. The van der Waals surface area contributed by atoms with Crippen molar-refractivity contribution >= 4 is 17.3 Å². The van der Waals surface area contributed by atoms with Gasteiger partial charge in [-0.3, -0.25) is 14.9 Å². The minimum Gasteiger partial charge on any atom is -0.324 e. The van der Waals surface area contributed by atoms with Crippen molar-refractivity contribution in [2.75, 3.05) is 11.9 Å². The van der Waals surface area contributed by atoms with E-state index in [0.29, 0.717) is 12.2 Å². The number of nitro benzene ring substituents is 1. The molecule has 0 heterocycles. The molecule has 0 fully saturated rings. The zero-order chi connectivity index (χ0) is 14.6. The van der Waals surface area contributed by atoms with Crippen LogP contribution in [0.5, 0.6) is 0 Å². The molecule has 0 aliphatic rings. The molecule has 0 atom stereocenters. The van der Waals surface area contributed by atoms with Crippen molar-refractivity contribution < 1.29 is 9.72 Å². The molecule has 1 aromatic rings. The number of nitrogens with one attached hydrogen (secondary N) is 2. The smallest absolute Gasteiger partial charge is 0.271 e. The Balaban J connectivity index is 2.96. The van der Waals surface area contributed by atoms with Gasteiger partial charge in [-0.25, -0.2) is 0 Å². The van der Waals surface area contributed by atoms with Crippen molar-refractivity contribution in [3.8, 4) is 0 Å². The number of aryl methyl sites for hydroxylation is 1. The second-order valence-electron chi connectivity index (χ2n) is 4.87. The Labute approximate surface area is 112 Å². The molecule has 0 saturated heterocycles. The van der Waals surface area contributed by atoms with Gasteiger partial charge in [-0.2, -0.15) is 0 Å². The highest BCUT2D eigenvalue weighted by atomic mass is 16.6. The van der Waals surface area contributed by atoms with Gasteiger partial charge in [0.25, 0.3) is 5.69 Å². The highest BCUT2D eigenvalue weighted by Gasteiger charge is 2.26. The third kappa shape index (κ3) is 3.75. The summed E-state index contributed by atoms with van der Waals surface area (Å²) >= 11 is 0. The fraction of sp³-hybridized carbons (Fsp3) is 0.462. The lowest BCUT2D eigenvalue weighted by atomic mass is 10.0. The predicted octanol–water partition coefficient (Wildman–Crippen LogP) is 2.23. The van der Waals surface area contributed by atoms with E-state index in [9.17, 15) is 14.9 Å². The number of carbonyl (C=O) groups is 1. The van der Waals surface area contributed by atoms with Gasteiger partial charge in [0.05, 0.1) is 16.1 Å². The van der Waals surface area contributed by atoms with Gasteiger partial charge in [0.2, 0.25) is 5.91 Å². The molecule has 1 aromatic carbocycles. The maximum atomic E-state index is 12.1. The molecule has 0 aliphatic carbocycles. The summed E-state index contributed by atoms with van der Waals surface area (Å²) in [6.07, 6.45) is 0. The van der Waals surface area contributed by atoms with Crippen LogP contribution in [0, 0.1) is 17.0 Å². The number of nitro groups is 1. The van der Waals surface area contributed by atoms with Crippen LogP contribution in [0.3, 0.4) is 0 Å². The molecule has 19 heavy (non-hydrogen) atoms. The lowest BCUT2D eigenvalue weighted by Gasteiger charge is -2.24. The van der Waals surface area contributed by atoms with Crippen molar-refractivity contribution in [2.45, 2.75) is 33.2 Å². The van der Waals surface area contributed by atoms with E-state index >= 15 is 0 Å². The van der Waals surface area contributed by atoms with E-state index in [1.165, 1.54) is 12.1 Å². The number of benzene rings is 1. The van der Waals surface area contributed by atoms with Crippen LogP contribution in [-0.2, 0) is 4.79 Å². The summed E-state index contributed by atoms with van der Waals surface area (Å²) in [4.78, 5) is 22.4. The molecule has 6 nitrogen and oxygen atoms in total. The number of anilines is 1. The summed E-state index contributed by atoms with van der Waals surface area (Å²) in [6, 6.07) is 4.41. The zero-order valence-electron chi connectivity index (χ0n) is 11.6. The van der Waals surface area contributed by atoms with Gasteiger partial charge in [-0.05, 0) is 32.9 Å². The lowest BCUT2D eigenvalue weighted by Crippen LogP contribution is -2.49. The number of likely N-dealkylation sites (N-methyl/N-ethyl adjacent to an activating group) is 1. The molecule has 0 bridgehead atoms. The summed E-state index contributed by atoms with van der Waals surface area (Å²) in [5.74, 6) is -0.224. The van der Waals surface area contributed by atoms with E-state index in [-0.39, 0.29) is 11.6 Å². The predicted molar refractivity (Wildman–Crippen MR) is 74.2 cm³/mol. The van der Waals surface area contributed by atoms with Crippen molar-refractivity contribution in [2.24, 2.45) is 0 Å². The van der Waals surface area contributed by atoms with E-state index in [1.54, 1.807) is 26.8 Å². The molecule has 0 aromatic heterocycles. The van der Waals surface area contributed by atoms with Crippen LogP contribution in [0.15, 0.2) is 18.2 Å². The molecule has 0 spiro atoms. The SMILES string of the molecule is CCNC(C)(C)C(=O)Nc1cc([N+](=O)[O-])ccc1C. The minimum absolute atomic E-state index is 0.0397. The van der Waals surface area contributed by atoms with E-state index in [2.05, 4.69) is 10.6 Å². The number of amides is 1. The number of carbonyl (C=O) groups excluding carboxylic acids is 1. The zero-order valence-corrected chi connectivity index (χ0v) is 11.6. The average Bonchev–Trinajstić information content (AvgIpc) is 2.31. The van der Waals surface area contributed by atoms with E-state index < -0.39 is 10.5 Å². The molecule has 0 radical (unpaired) electrons. The Bertz CT molecular complexity index is 498. The van der Waals surface area contributed by atoms with Gasteiger partial charge < -0.3 is 10.6 Å². The van der Waals surface area contributed by atoms with Gasteiger partial charge in [-0.1, -0.05) is 13.0 Å². The summed E-state index contributed by atoms with van der Waals surface area (Å²) < 4.78 is 0. The van der Waals surface area contributed by atoms with Crippen molar-refractivity contribution in [3.63, 3.8) is 0 Å². The van der Waals surface area contributed by atoms with Crippen molar-refractivity contribution in [3.05, 3.63) is 33.9 Å². The summed E-state index contributed by atoms with van der Waals surface area (Å²) in [5, 5.41) is 16.5. The number of nitrogens with zero attached hydrogens (tertiary/aromatic N) is 1.